The van der Waals surface area contributed by atoms with Crippen LogP contribution in [0.5, 0.6) is 0 Å². The molecule has 0 aromatic carbocycles. The fraction of sp³-hybridized carbons (Fsp3) is 0.600. The molecule has 0 aliphatic heterocycles. The Morgan fingerprint density at radius 1 is 1.50 bits per heavy atom. The summed E-state index contributed by atoms with van der Waals surface area (Å²) in [5.74, 6) is -2.76. The summed E-state index contributed by atoms with van der Waals surface area (Å²) in [6.07, 6.45) is -0.515. The van der Waals surface area contributed by atoms with Crippen molar-refractivity contribution in [3.8, 4) is 0 Å². The summed E-state index contributed by atoms with van der Waals surface area (Å²) in [6, 6.07) is -1.04. The van der Waals surface area contributed by atoms with E-state index in [1.807, 2.05) is 0 Å². The second kappa shape index (κ2) is 3.84. The first-order chi connectivity index (χ1) is 4.57. The van der Waals surface area contributed by atoms with Gasteiger partial charge in [0.1, 0.15) is 6.04 Å². The summed E-state index contributed by atoms with van der Waals surface area (Å²) in [7, 11) is 1.46. The van der Waals surface area contributed by atoms with Crippen LogP contribution in [0.4, 0.5) is 0 Å². The van der Waals surface area contributed by atoms with Gasteiger partial charge in [-0.2, -0.15) is 0 Å². The zero-order valence-corrected chi connectivity index (χ0v) is 5.49. The predicted molar refractivity (Wildman–Crippen MR) is 26.3 cm³/mol. The topological polar surface area (TPSA) is 96.9 Å². The summed E-state index contributed by atoms with van der Waals surface area (Å²) in [5, 5.41) is 21.1. The molecule has 0 aliphatic carbocycles. The summed E-state index contributed by atoms with van der Waals surface area (Å²) in [5.41, 5.74) is 0. The van der Waals surface area contributed by atoms with Crippen molar-refractivity contribution in [1.82, 2.24) is 0 Å². The number of aliphatic carboxylic acids is 2. The minimum absolute atomic E-state index is 0.515. The van der Waals surface area contributed by atoms with E-state index in [9.17, 15) is 19.8 Å². The molecule has 0 saturated carbocycles. The molecule has 5 nitrogen and oxygen atoms in total. The van der Waals surface area contributed by atoms with Crippen LogP contribution in [0.2, 0.25) is 0 Å². The average molecular weight is 146 g/mol. The Labute approximate surface area is 57.7 Å². The largest absolute Gasteiger partial charge is 0.550 e. The molecule has 5 heteroatoms. The summed E-state index contributed by atoms with van der Waals surface area (Å²) >= 11 is 0. The molecule has 1 atom stereocenters. The van der Waals surface area contributed by atoms with Crippen LogP contribution < -0.4 is 15.5 Å². The number of carboxylic acids is 2. The molecule has 0 saturated heterocycles. The lowest BCUT2D eigenvalue weighted by Crippen LogP contribution is -2.90. The number of nitrogens with two attached hydrogens (primary N) is 1. The molecular formula is C5H8NO4-. The van der Waals surface area contributed by atoms with Crippen molar-refractivity contribution in [2.24, 2.45) is 0 Å². The first-order valence-electron chi connectivity index (χ1n) is 2.78. The van der Waals surface area contributed by atoms with Crippen LogP contribution in [-0.4, -0.2) is 25.0 Å². The van der Waals surface area contributed by atoms with Gasteiger partial charge in [0.25, 0.3) is 0 Å². The van der Waals surface area contributed by atoms with E-state index in [1.54, 1.807) is 0 Å². The smallest absolute Gasteiger partial charge is 0.131 e. The Balaban J connectivity index is 3.83. The predicted octanol–water partition coefficient (Wildman–Crippen LogP) is -4.56. The maximum atomic E-state index is 10.0. The third-order valence-corrected chi connectivity index (χ3v) is 1.09. The van der Waals surface area contributed by atoms with Crippen molar-refractivity contribution >= 4 is 11.9 Å². The maximum Gasteiger partial charge on any atom is 0.131 e. The Morgan fingerprint density at radius 2 is 2.00 bits per heavy atom. The van der Waals surface area contributed by atoms with Crippen LogP contribution in [0.3, 0.4) is 0 Å². The lowest BCUT2D eigenvalue weighted by atomic mass is 10.2. The van der Waals surface area contributed by atoms with Gasteiger partial charge in [-0.05, 0) is 0 Å². The highest BCUT2D eigenvalue weighted by atomic mass is 16.4. The van der Waals surface area contributed by atoms with Gasteiger partial charge in [-0.3, -0.25) is 0 Å². The van der Waals surface area contributed by atoms with Gasteiger partial charge in [0.2, 0.25) is 0 Å². The van der Waals surface area contributed by atoms with E-state index in [0.717, 1.165) is 0 Å². The number of carbonyl (C=O) groups is 2. The van der Waals surface area contributed by atoms with Gasteiger partial charge in [0.15, 0.2) is 0 Å². The van der Waals surface area contributed by atoms with Gasteiger partial charge in [-0.25, -0.2) is 0 Å². The molecule has 0 fully saturated rings. The standard InChI is InChI=1S/C5H9NO4/c1-6-3(5(9)10)2-4(7)8/h3,6H,2H2,1H3,(H,7,8)(H,9,10)/p-1/t3-/m0/s1. The molecule has 0 amide bonds. The van der Waals surface area contributed by atoms with Gasteiger partial charge >= 0.3 is 0 Å². The molecule has 0 heterocycles. The summed E-state index contributed by atoms with van der Waals surface area (Å²) in [4.78, 5) is 19.9. The molecule has 0 bridgehead atoms. The van der Waals surface area contributed by atoms with Crippen LogP contribution >= 0.6 is 0 Å². The molecule has 0 aromatic rings. The van der Waals surface area contributed by atoms with Gasteiger partial charge in [0.05, 0.1) is 13.0 Å². The normalized spacial score (nSPS) is 12.5. The first kappa shape index (κ1) is 8.90. The van der Waals surface area contributed by atoms with Crippen molar-refractivity contribution in [2.45, 2.75) is 12.5 Å². The van der Waals surface area contributed by atoms with Gasteiger partial charge in [-0.1, -0.05) is 0 Å². The summed E-state index contributed by atoms with van der Waals surface area (Å²) in [6.45, 7) is 0. The number of hydrogen-bond donors (Lipinski definition) is 1. The van der Waals surface area contributed by atoms with Gasteiger partial charge < -0.3 is 25.1 Å². The van der Waals surface area contributed by atoms with Gasteiger partial charge in [0, 0.05) is 12.4 Å². The Morgan fingerprint density at radius 3 is 2.10 bits per heavy atom. The first-order valence-corrected chi connectivity index (χ1v) is 2.78. The van der Waals surface area contributed by atoms with Crippen LogP contribution in [-0.2, 0) is 9.59 Å². The minimum atomic E-state index is -1.38. The lowest BCUT2D eigenvalue weighted by Gasteiger charge is -2.13. The molecule has 0 radical (unpaired) electrons. The number of likely N-dealkylation sites (N-methyl/N-ethyl adjacent to an activating group) is 1. The second-order valence-electron chi connectivity index (χ2n) is 1.83. The number of hydrogen-bond acceptors (Lipinski definition) is 4. The van der Waals surface area contributed by atoms with Crippen LogP contribution in [0.25, 0.3) is 0 Å². The van der Waals surface area contributed by atoms with Crippen molar-refractivity contribution < 1.29 is 25.1 Å². The van der Waals surface area contributed by atoms with Crippen LogP contribution in [0, 0.1) is 0 Å². The van der Waals surface area contributed by atoms with Crippen molar-refractivity contribution in [1.29, 1.82) is 0 Å². The molecule has 58 valence electrons. The molecular weight excluding hydrogens is 138 g/mol. The SMILES string of the molecule is C[NH2+][C@@H](CC(=O)[O-])C(=O)[O-]. The average Bonchev–Trinajstić information content (AvgIpc) is 1.81. The van der Waals surface area contributed by atoms with Crippen molar-refractivity contribution in [2.75, 3.05) is 7.05 Å². The van der Waals surface area contributed by atoms with E-state index in [-0.39, 0.29) is 0 Å². The Kier molecular flexibility index (Phi) is 3.42. The van der Waals surface area contributed by atoms with E-state index in [1.165, 1.54) is 12.4 Å². The Hall–Kier alpha value is -1.10. The summed E-state index contributed by atoms with van der Waals surface area (Å²) < 4.78 is 0. The van der Waals surface area contributed by atoms with Gasteiger partial charge in [-0.15, -0.1) is 0 Å². The zero-order chi connectivity index (χ0) is 8.15. The second-order valence-corrected chi connectivity index (χ2v) is 1.83. The number of carboxylic acid groups (broad SMARTS) is 2. The third-order valence-electron chi connectivity index (χ3n) is 1.09. The zero-order valence-electron chi connectivity index (χ0n) is 5.49. The fourth-order valence-electron chi connectivity index (χ4n) is 0.517. The number of quaternary nitrogens is 1. The molecule has 0 aliphatic rings. The molecule has 0 unspecified atom stereocenters. The Bertz CT molecular complexity index is 145. The highest BCUT2D eigenvalue weighted by Crippen LogP contribution is 1.80. The maximum absolute atomic E-state index is 10.0. The van der Waals surface area contributed by atoms with Crippen molar-refractivity contribution in [3.05, 3.63) is 0 Å². The van der Waals surface area contributed by atoms with E-state index >= 15 is 0 Å². The molecule has 2 N–H and O–H groups in total. The van der Waals surface area contributed by atoms with E-state index in [2.05, 4.69) is 0 Å². The minimum Gasteiger partial charge on any atom is -0.550 e. The lowest BCUT2D eigenvalue weighted by molar-refractivity contribution is -0.657. The highest BCUT2D eigenvalue weighted by molar-refractivity contribution is 5.76. The monoisotopic (exact) mass is 146 g/mol. The third kappa shape index (κ3) is 3.03. The van der Waals surface area contributed by atoms with E-state index in [4.69, 9.17) is 0 Å². The van der Waals surface area contributed by atoms with E-state index in [0.29, 0.717) is 0 Å². The number of carbonyl (C=O) groups excluding carboxylic acids is 2. The quantitative estimate of drug-likeness (QED) is 0.431. The van der Waals surface area contributed by atoms with Crippen molar-refractivity contribution in [3.63, 3.8) is 0 Å². The molecule has 10 heavy (non-hydrogen) atoms. The molecule has 0 rings (SSSR count). The highest BCUT2D eigenvalue weighted by Gasteiger charge is 2.09. The van der Waals surface area contributed by atoms with Crippen LogP contribution in [0.15, 0.2) is 0 Å². The van der Waals surface area contributed by atoms with E-state index < -0.39 is 24.4 Å². The fourth-order valence-corrected chi connectivity index (χ4v) is 0.517. The number of rotatable bonds is 4. The molecule has 0 aromatic heterocycles. The molecule has 0 spiro atoms. The van der Waals surface area contributed by atoms with Crippen LogP contribution in [0.1, 0.15) is 6.42 Å².